The van der Waals surface area contributed by atoms with E-state index in [1.165, 1.54) is 23.4 Å². The molecule has 1 heterocycles. The lowest BCUT2D eigenvalue weighted by Crippen LogP contribution is -2.13. The van der Waals surface area contributed by atoms with Crippen LogP contribution in [0.3, 0.4) is 0 Å². The smallest absolute Gasteiger partial charge is 0.261 e. The van der Waals surface area contributed by atoms with Gasteiger partial charge in [0.25, 0.3) is 5.88 Å². The zero-order chi connectivity index (χ0) is 14.9. The van der Waals surface area contributed by atoms with Crippen LogP contribution in [-0.2, 0) is 0 Å². The number of nitrogen functional groups attached to an aromatic ring is 1. The van der Waals surface area contributed by atoms with Gasteiger partial charge in [0.1, 0.15) is 6.33 Å². The van der Waals surface area contributed by atoms with Crippen LogP contribution in [0.2, 0.25) is 10.0 Å². The topological polar surface area (TPSA) is 64.3 Å². The number of hydrogen-bond donors (Lipinski definition) is 1. The Balaban J connectivity index is 2.43. The lowest BCUT2D eigenvalue weighted by molar-refractivity contribution is 0.420. The SMILES string of the molecule is CN(C)c1ncnc(Oc2c(Cl)cc(N)cc2Cl)c1F. The molecule has 5 nitrogen and oxygen atoms in total. The van der Waals surface area contributed by atoms with Crippen LogP contribution in [0, 0.1) is 5.82 Å². The Kier molecular flexibility index (Phi) is 4.15. The average Bonchev–Trinajstić information content (AvgIpc) is 2.35. The van der Waals surface area contributed by atoms with Crippen molar-refractivity contribution in [2.24, 2.45) is 0 Å². The molecule has 0 aliphatic rings. The van der Waals surface area contributed by atoms with Crippen molar-refractivity contribution in [2.45, 2.75) is 0 Å². The van der Waals surface area contributed by atoms with E-state index in [-0.39, 0.29) is 27.5 Å². The minimum Gasteiger partial charge on any atom is -0.433 e. The number of nitrogens with zero attached hydrogens (tertiary/aromatic N) is 3. The van der Waals surface area contributed by atoms with Crippen LogP contribution in [0.5, 0.6) is 11.6 Å². The van der Waals surface area contributed by atoms with Crippen LogP contribution in [0.1, 0.15) is 0 Å². The molecular weight excluding hydrogens is 306 g/mol. The molecule has 2 rings (SSSR count). The third kappa shape index (κ3) is 2.86. The highest BCUT2D eigenvalue weighted by atomic mass is 35.5. The average molecular weight is 317 g/mol. The number of ether oxygens (including phenoxy) is 1. The van der Waals surface area contributed by atoms with Crippen molar-refractivity contribution in [3.8, 4) is 11.6 Å². The van der Waals surface area contributed by atoms with E-state index >= 15 is 0 Å². The highest BCUT2D eigenvalue weighted by Gasteiger charge is 2.17. The Bertz CT molecular complexity index is 628. The van der Waals surface area contributed by atoms with Crippen LogP contribution in [0.4, 0.5) is 15.9 Å². The summed E-state index contributed by atoms with van der Waals surface area (Å²) >= 11 is 11.9. The first-order chi connectivity index (χ1) is 9.40. The van der Waals surface area contributed by atoms with E-state index in [1.807, 2.05) is 0 Å². The summed E-state index contributed by atoms with van der Waals surface area (Å²) in [5, 5.41) is 0.332. The summed E-state index contributed by atoms with van der Waals surface area (Å²) in [5.41, 5.74) is 5.96. The highest BCUT2D eigenvalue weighted by Crippen LogP contribution is 2.38. The van der Waals surface area contributed by atoms with E-state index in [0.29, 0.717) is 5.69 Å². The lowest BCUT2D eigenvalue weighted by atomic mass is 10.3. The van der Waals surface area contributed by atoms with Crippen LogP contribution in [-0.4, -0.2) is 24.1 Å². The molecule has 0 aliphatic heterocycles. The molecule has 2 aromatic rings. The van der Waals surface area contributed by atoms with Gasteiger partial charge in [0.2, 0.25) is 5.82 Å². The summed E-state index contributed by atoms with van der Waals surface area (Å²) in [5.74, 6) is -0.791. The minimum atomic E-state index is -0.707. The van der Waals surface area contributed by atoms with Crippen molar-refractivity contribution in [3.63, 3.8) is 0 Å². The molecule has 0 unspecified atom stereocenters. The third-order valence-electron chi connectivity index (χ3n) is 2.38. The summed E-state index contributed by atoms with van der Waals surface area (Å²) in [6.07, 6.45) is 1.19. The quantitative estimate of drug-likeness (QED) is 0.879. The van der Waals surface area contributed by atoms with Crippen LogP contribution >= 0.6 is 23.2 Å². The standard InChI is InChI=1S/C12H11Cl2FN4O/c1-19(2)11-9(15)12(18-5-17-11)20-10-7(13)3-6(16)4-8(10)14/h3-5H,16H2,1-2H3. The lowest BCUT2D eigenvalue weighted by Gasteiger charge is -2.14. The normalized spacial score (nSPS) is 10.4. The number of nitrogens with two attached hydrogens (primary N) is 1. The molecular formula is C12H11Cl2FN4O. The molecule has 0 fully saturated rings. The second-order valence-corrected chi connectivity index (χ2v) is 4.94. The largest absolute Gasteiger partial charge is 0.433 e. The van der Waals surface area contributed by atoms with Crippen molar-refractivity contribution >= 4 is 34.7 Å². The summed E-state index contributed by atoms with van der Waals surface area (Å²) in [6, 6.07) is 2.91. The molecule has 0 radical (unpaired) electrons. The third-order valence-corrected chi connectivity index (χ3v) is 2.94. The number of aromatic nitrogens is 2. The number of hydrogen-bond acceptors (Lipinski definition) is 5. The molecule has 0 saturated carbocycles. The molecule has 20 heavy (non-hydrogen) atoms. The van der Waals surface area contributed by atoms with E-state index in [9.17, 15) is 4.39 Å². The summed E-state index contributed by atoms with van der Waals surface area (Å²) in [7, 11) is 3.30. The van der Waals surface area contributed by atoms with Gasteiger partial charge in [-0.25, -0.2) is 4.98 Å². The first-order valence-electron chi connectivity index (χ1n) is 5.50. The predicted molar refractivity (Wildman–Crippen MR) is 77.3 cm³/mol. The van der Waals surface area contributed by atoms with Gasteiger partial charge in [0, 0.05) is 19.8 Å². The maximum atomic E-state index is 14.1. The first kappa shape index (κ1) is 14.6. The second kappa shape index (κ2) is 5.68. The number of benzene rings is 1. The Morgan fingerprint density at radius 3 is 2.35 bits per heavy atom. The van der Waals surface area contributed by atoms with Crippen molar-refractivity contribution in [1.82, 2.24) is 9.97 Å². The van der Waals surface area contributed by atoms with Crippen LogP contribution < -0.4 is 15.4 Å². The number of rotatable bonds is 3. The van der Waals surface area contributed by atoms with E-state index in [2.05, 4.69) is 9.97 Å². The molecule has 1 aromatic carbocycles. The number of halogens is 3. The van der Waals surface area contributed by atoms with Crippen molar-refractivity contribution in [1.29, 1.82) is 0 Å². The molecule has 8 heteroatoms. The van der Waals surface area contributed by atoms with Gasteiger partial charge >= 0.3 is 0 Å². The summed E-state index contributed by atoms with van der Waals surface area (Å²) < 4.78 is 19.5. The van der Waals surface area contributed by atoms with Crippen LogP contribution in [0.15, 0.2) is 18.5 Å². The van der Waals surface area contributed by atoms with Crippen LogP contribution in [0.25, 0.3) is 0 Å². The Morgan fingerprint density at radius 1 is 1.20 bits per heavy atom. The Morgan fingerprint density at radius 2 is 1.80 bits per heavy atom. The Labute approximate surface area is 125 Å². The van der Waals surface area contributed by atoms with E-state index in [1.54, 1.807) is 14.1 Å². The monoisotopic (exact) mass is 316 g/mol. The van der Waals surface area contributed by atoms with E-state index < -0.39 is 5.82 Å². The summed E-state index contributed by atoms with van der Waals surface area (Å²) in [6.45, 7) is 0. The molecule has 0 aliphatic carbocycles. The molecule has 1 aromatic heterocycles. The van der Waals surface area contributed by atoms with Crippen molar-refractivity contribution < 1.29 is 9.13 Å². The molecule has 0 saturated heterocycles. The maximum Gasteiger partial charge on any atom is 0.261 e. The van der Waals surface area contributed by atoms with Gasteiger partial charge in [0.15, 0.2) is 11.6 Å². The molecule has 2 N–H and O–H groups in total. The predicted octanol–water partition coefficient (Wildman–Crippen LogP) is 3.36. The van der Waals surface area contributed by atoms with Gasteiger partial charge in [0.05, 0.1) is 10.0 Å². The van der Waals surface area contributed by atoms with Crippen molar-refractivity contribution in [2.75, 3.05) is 24.7 Å². The van der Waals surface area contributed by atoms with Gasteiger partial charge in [-0.15, -0.1) is 0 Å². The fourth-order valence-electron chi connectivity index (χ4n) is 1.50. The van der Waals surface area contributed by atoms with Crippen molar-refractivity contribution in [3.05, 3.63) is 34.3 Å². The molecule has 0 spiro atoms. The van der Waals surface area contributed by atoms with Gasteiger partial charge < -0.3 is 15.4 Å². The maximum absolute atomic E-state index is 14.1. The molecule has 0 amide bonds. The van der Waals surface area contributed by atoms with Gasteiger partial charge in [-0.1, -0.05) is 23.2 Å². The minimum absolute atomic E-state index is 0.0878. The molecule has 0 atom stereocenters. The molecule has 106 valence electrons. The summed E-state index contributed by atoms with van der Waals surface area (Å²) in [4.78, 5) is 9.05. The highest BCUT2D eigenvalue weighted by molar-refractivity contribution is 6.37. The molecule has 0 bridgehead atoms. The van der Waals surface area contributed by atoms with E-state index in [0.717, 1.165) is 0 Å². The van der Waals surface area contributed by atoms with Gasteiger partial charge in [-0.05, 0) is 12.1 Å². The van der Waals surface area contributed by atoms with E-state index in [4.69, 9.17) is 33.7 Å². The number of anilines is 2. The zero-order valence-electron chi connectivity index (χ0n) is 10.7. The zero-order valence-corrected chi connectivity index (χ0v) is 12.2. The fourth-order valence-corrected chi connectivity index (χ4v) is 2.08. The second-order valence-electron chi connectivity index (χ2n) is 4.13. The first-order valence-corrected chi connectivity index (χ1v) is 6.26. The fraction of sp³-hybridized carbons (Fsp3) is 0.167. The Hall–Kier alpha value is -1.79. The van der Waals surface area contributed by atoms with Gasteiger partial charge in [-0.2, -0.15) is 9.37 Å². The van der Waals surface area contributed by atoms with Gasteiger partial charge in [-0.3, -0.25) is 0 Å².